The lowest BCUT2D eigenvalue weighted by Gasteiger charge is -2.29. The van der Waals surface area contributed by atoms with Crippen molar-refractivity contribution in [2.24, 2.45) is 5.92 Å². The number of carbonyl (C=O) groups is 2. The lowest BCUT2D eigenvalue weighted by molar-refractivity contribution is -0.170. The Morgan fingerprint density at radius 3 is 2.50 bits per heavy atom. The summed E-state index contributed by atoms with van der Waals surface area (Å²) in [5.41, 5.74) is 2.25. The average molecular weight is 420 g/mol. The summed E-state index contributed by atoms with van der Waals surface area (Å²) in [5, 5.41) is 4.43. The van der Waals surface area contributed by atoms with Crippen LogP contribution in [0.1, 0.15) is 12.8 Å². The zero-order chi connectivity index (χ0) is 21.5. The normalized spacial score (nSPS) is 19.5. The molecule has 1 aliphatic rings. The number of fused-ring (bicyclic) bond motifs is 1. The van der Waals surface area contributed by atoms with Crippen LogP contribution >= 0.6 is 0 Å². The van der Waals surface area contributed by atoms with E-state index in [0.717, 1.165) is 0 Å². The van der Waals surface area contributed by atoms with Gasteiger partial charge in [0.1, 0.15) is 23.6 Å². The van der Waals surface area contributed by atoms with E-state index < -0.39 is 30.0 Å². The fraction of sp³-hybridized carbons (Fsp3) is 0.250. The molecule has 0 aliphatic carbocycles. The molecule has 4 rings (SSSR count). The van der Waals surface area contributed by atoms with Crippen molar-refractivity contribution in [2.75, 3.05) is 5.32 Å². The smallest absolute Gasteiger partial charge is 0.344 e. The predicted octanol–water partition coefficient (Wildman–Crippen LogP) is 3.76. The monoisotopic (exact) mass is 420 g/mol. The van der Waals surface area contributed by atoms with Crippen LogP contribution < -0.4 is 10.6 Å². The number of rotatable bonds is 3. The van der Waals surface area contributed by atoms with Gasteiger partial charge in [0.25, 0.3) is 0 Å². The number of carbonyl (C=O) groups excluding carboxylic acids is 2. The topological polar surface area (TPSA) is 86.9 Å². The third kappa shape index (κ3) is 3.98. The number of nitrogens with one attached hydrogen (secondary N) is 3. The molecule has 3 N–H and O–H groups in total. The number of halogens is 4. The quantitative estimate of drug-likeness (QED) is 0.445. The van der Waals surface area contributed by atoms with Crippen LogP contribution in [0.25, 0.3) is 22.4 Å². The molecule has 0 spiro atoms. The molecule has 0 bridgehead atoms. The molecule has 2 aromatic carbocycles. The highest BCUT2D eigenvalue weighted by Crippen LogP contribution is 2.29. The van der Waals surface area contributed by atoms with Crippen molar-refractivity contribution < 1.29 is 27.2 Å². The highest BCUT2D eigenvalue weighted by Gasteiger charge is 2.45. The SMILES string of the molecule is O=C(Nc1ccc2nc(-c3ccc(F)cc3)[nH]c2c1)C1CCC(C(F)(F)F)NC1=O. The third-order valence-corrected chi connectivity index (χ3v) is 4.96. The van der Waals surface area contributed by atoms with Crippen LogP contribution in [0.5, 0.6) is 0 Å². The molecule has 2 heterocycles. The number of hydrogen-bond donors (Lipinski definition) is 3. The third-order valence-electron chi connectivity index (χ3n) is 4.96. The number of anilines is 1. The average Bonchev–Trinajstić information content (AvgIpc) is 3.11. The lowest BCUT2D eigenvalue weighted by atomic mass is 9.92. The minimum absolute atomic E-state index is 0.192. The summed E-state index contributed by atoms with van der Waals surface area (Å²) in [7, 11) is 0. The maximum Gasteiger partial charge on any atom is 0.408 e. The number of amides is 2. The van der Waals surface area contributed by atoms with Crippen LogP contribution in [-0.2, 0) is 9.59 Å². The van der Waals surface area contributed by atoms with Crippen LogP contribution in [-0.4, -0.2) is 34.0 Å². The Morgan fingerprint density at radius 2 is 1.83 bits per heavy atom. The van der Waals surface area contributed by atoms with Crippen LogP contribution in [0.15, 0.2) is 42.5 Å². The van der Waals surface area contributed by atoms with Crippen molar-refractivity contribution in [1.82, 2.24) is 15.3 Å². The zero-order valence-electron chi connectivity index (χ0n) is 15.4. The van der Waals surface area contributed by atoms with E-state index in [2.05, 4.69) is 15.3 Å². The van der Waals surface area contributed by atoms with E-state index in [-0.39, 0.29) is 18.7 Å². The second-order valence-electron chi connectivity index (χ2n) is 7.05. The number of benzene rings is 2. The van der Waals surface area contributed by atoms with Crippen molar-refractivity contribution >= 4 is 28.5 Å². The van der Waals surface area contributed by atoms with Crippen LogP contribution in [0.3, 0.4) is 0 Å². The molecule has 2 atom stereocenters. The first-order valence-electron chi connectivity index (χ1n) is 9.14. The van der Waals surface area contributed by atoms with Crippen molar-refractivity contribution in [1.29, 1.82) is 0 Å². The molecule has 0 saturated carbocycles. The molecule has 0 radical (unpaired) electrons. The summed E-state index contributed by atoms with van der Waals surface area (Å²) in [6.07, 6.45) is -5.08. The summed E-state index contributed by atoms with van der Waals surface area (Å²) in [4.78, 5) is 31.9. The van der Waals surface area contributed by atoms with Crippen molar-refractivity contribution in [3.05, 3.63) is 48.3 Å². The van der Waals surface area contributed by atoms with Crippen LogP contribution in [0, 0.1) is 11.7 Å². The Balaban J connectivity index is 1.48. The number of alkyl halides is 3. The van der Waals surface area contributed by atoms with E-state index in [1.807, 2.05) is 5.32 Å². The molecule has 1 aromatic heterocycles. The number of hydrogen-bond acceptors (Lipinski definition) is 3. The molecule has 1 fully saturated rings. The largest absolute Gasteiger partial charge is 0.408 e. The first-order valence-corrected chi connectivity index (χ1v) is 9.14. The van der Waals surface area contributed by atoms with Gasteiger partial charge in [-0.2, -0.15) is 13.2 Å². The standard InChI is InChI=1S/C20H16F4N4O2/c21-11-3-1-10(2-4-11)17-26-14-7-5-12(9-15(14)27-17)25-18(29)13-6-8-16(20(22,23)24)28-19(13)30/h1-5,7,9,13,16H,6,8H2,(H,25,29)(H,26,27)(H,28,30). The van der Waals surface area contributed by atoms with Crippen LogP contribution in [0.2, 0.25) is 0 Å². The van der Waals surface area contributed by atoms with Crippen molar-refractivity contribution in [3.63, 3.8) is 0 Å². The molecule has 1 saturated heterocycles. The minimum atomic E-state index is -4.54. The van der Waals surface area contributed by atoms with E-state index in [4.69, 9.17) is 0 Å². The summed E-state index contributed by atoms with van der Waals surface area (Å²) in [6, 6.07) is 8.67. The highest BCUT2D eigenvalue weighted by atomic mass is 19.4. The number of H-pyrrole nitrogens is 1. The van der Waals surface area contributed by atoms with Gasteiger partial charge in [-0.25, -0.2) is 9.37 Å². The molecular formula is C20H16F4N4O2. The van der Waals surface area contributed by atoms with Crippen molar-refractivity contribution in [3.8, 4) is 11.4 Å². The molecule has 2 amide bonds. The molecular weight excluding hydrogens is 404 g/mol. The highest BCUT2D eigenvalue weighted by molar-refractivity contribution is 6.07. The summed E-state index contributed by atoms with van der Waals surface area (Å²) < 4.78 is 51.3. The number of aromatic nitrogens is 2. The summed E-state index contributed by atoms with van der Waals surface area (Å²) >= 11 is 0. The lowest BCUT2D eigenvalue weighted by Crippen LogP contribution is -2.53. The fourth-order valence-electron chi connectivity index (χ4n) is 3.37. The van der Waals surface area contributed by atoms with Gasteiger partial charge in [0, 0.05) is 11.3 Å². The zero-order valence-corrected chi connectivity index (χ0v) is 15.4. The van der Waals surface area contributed by atoms with Gasteiger partial charge in [-0.15, -0.1) is 0 Å². The number of piperidine rings is 1. The van der Waals surface area contributed by atoms with E-state index in [1.165, 1.54) is 12.1 Å². The Labute approximate surface area is 167 Å². The maximum atomic E-state index is 13.1. The molecule has 6 nitrogen and oxygen atoms in total. The molecule has 2 unspecified atom stereocenters. The second kappa shape index (κ2) is 7.43. The Hall–Kier alpha value is -3.43. The molecule has 30 heavy (non-hydrogen) atoms. The second-order valence-corrected chi connectivity index (χ2v) is 7.05. The van der Waals surface area contributed by atoms with Gasteiger partial charge in [-0.1, -0.05) is 0 Å². The van der Waals surface area contributed by atoms with Gasteiger partial charge < -0.3 is 15.6 Å². The molecule has 10 heteroatoms. The molecule has 3 aromatic rings. The molecule has 156 valence electrons. The van der Waals surface area contributed by atoms with Gasteiger partial charge in [0.15, 0.2) is 0 Å². The maximum absolute atomic E-state index is 13.1. The van der Waals surface area contributed by atoms with Gasteiger partial charge in [0.2, 0.25) is 11.8 Å². The van der Waals surface area contributed by atoms with E-state index in [1.54, 1.807) is 30.3 Å². The predicted molar refractivity (Wildman–Crippen MR) is 101 cm³/mol. The fourth-order valence-corrected chi connectivity index (χ4v) is 3.37. The minimum Gasteiger partial charge on any atom is -0.344 e. The summed E-state index contributed by atoms with van der Waals surface area (Å²) in [5.74, 6) is -2.67. The number of nitrogens with zero attached hydrogens (tertiary/aromatic N) is 1. The first-order chi connectivity index (χ1) is 14.2. The molecule has 1 aliphatic heterocycles. The Morgan fingerprint density at radius 1 is 1.10 bits per heavy atom. The van der Waals surface area contributed by atoms with Gasteiger partial charge in [-0.3, -0.25) is 9.59 Å². The van der Waals surface area contributed by atoms with Gasteiger partial charge in [0.05, 0.1) is 11.0 Å². The summed E-state index contributed by atoms with van der Waals surface area (Å²) in [6.45, 7) is 0. The van der Waals surface area contributed by atoms with Crippen molar-refractivity contribution in [2.45, 2.75) is 25.1 Å². The number of imidazole rings is 1. The van der Waals surface area contributed by atoms with E-state index in [0.29, 0.717) is 28.1 Å². The van der Waals surface area contributed by atoms with Gasteiger partial charge >= 0.3 is 6.18 Å². The Bertz CT molecular complexity index is 1110. The van der Waals surface area contributed by atoms with E-state index >= 15 is 0 Å². The van der Waals surface area contributed by atoms with Crippen LogP contribution in [0.4, 0.5) is 23.2 Å². The van der Waals surface area contributed by atoms with E-state index in [9.17, 15) is 27.2 Å². The number of aromatic amines is 1. The Kier molecular flexibility index (Phi) is 4.92. The first kappa shape index (κ1) is 19.9. The van der Waals surface area contributed by atoms with Gasteiger partial charge in [-0.05, 0) is 55.3 Å².